The van der Waals surface area contributed by atoms with Crippen LogP contribution in [0.2, 0.25) is 0 Å². The Labute approximate surface area is 156 Å². The first kappa shape index (κ1) is 17.2. The summed E-state index contributed by atoms with van der Waals surface area (Å²) in [6.07, 6.45) is 3.53. The van der Waals surface area contributed by atoms with E-state index in [1.54, 1.807) is 10.8 Å². The summed E-state index contributed by atoms with van der Waals surface area (Å²) in [5.74, 6) is -0.256. The Bertz CT molecular complexity index is 1150. The van der Waals surface area contributed by atoms with E-state index in [-0.39, 0.29) is 12.7 Å². The molecule has 0 unspecified atom stereocenters. The van der Waals surface area contributed by atoms with Crippen molar-refractivity contribution < 1.29 is 9.53 Å². The van der Waals surface area contributed by atoms with E-state index < -0.39 is 5.41 Å². The molecular weight excluding hydrogens is 342 g/mol. The number of esters is 1. The maximum atomic E-state index is 12.0. The summed E-state index contributed by atoms with van der Waals surface area (Å²) in [6.45, 7) is 5.59. The topological polar surface area (TPSA) is 74.8 Å². The third-order valence-corrected chi connectivity index (χ3v) is 4.41. The van der Waals surface area contributed by atoms with Gasteiger partial charge < -0.3 is 4.74 Å². The monoisotopic (exact) mass is 363 g/mol. The van der Waals surface area contributed by atoms with Gasteiger partial charge >= 0.3 is 5.97 Å². The highest BCUT2D eigenvalue weighted by molar-refractivity contribution is 5.93. The maximum Gasteiger partial charge on any atom is 0.312 e. The van der Waals surface area contributed by atoms with Gasteiger partial charge in [-0.2, -0.15) is 5.10 Å². The van der Waals surface area contributed by atoms with Gasteiger partial charge in [0, 0.05) is 18.6 Å². The number of fused-ring (bicyclic) bond motifs is 2. The zero-order valence-corrected chi connectivity index (χ0v) is 15.8. The molecule has 0 atom stereocenters. The minimum absolute atomic E-state index is 0.111. The Morgan fingerprint density at radius 3 is 2.74 bits per heavy atom. The summed E-state index contributed by atoms with van der Waals surface area (Å²) in [5.41, 5.74) is 3.41. The van der Waals surface area contributed by atoms with E-state index in [4.69, 9.17) is 9.72 Å². The van der Waals surface area contributed by atoms with Crippen LogP contribution in [0.3, 0.4) is 0 Å². The molecule has 0 bridgehead atoms. The molecule has 0 radical (unpaired) electrons. The number of para-hydroxylation sites is 1. The van der Waals surface area contributed by atoms with Gasteiger partial charge in [0.25, 0.3) is 0 Å². The van der Waals surface area contributed by atoms with Crippen LogP contribution in [0.1, 0.15) is 20.8 Å². The number of benzene rings is 1. The Morgan fingerprint density at radius 1 is 1.19 bits per heavy atom. The fraction of sp³-hybridized carbons (Fsp3) is 0.300. The van der Waals surface area contributed by atoms with Gasteiger partial charge in [-0.3, -0.25) is 14.0 Å². The molecule has 4 aromatic rings. The molecule has 0 N–H and O–H groups in total. The molecular formula is C20H21N5O2. The average molecular weight is 363 g/mol. The Morgan fingerprint density at radius 2 is 1.96 bits per heavy atom. The van der Waals surface area contributed by atoms with E-state index in [1.165, 1.54) is 0 Å². The minimum Gasteiger partial charge on any atom is -0.443 e. The summed E-state index contributed by atoms with van der Waals surface area (Å²) < 4.78 is 8.99. The van der Waals surface area contributed by atoms with Crippen LogP contribution < -0.4 is 0 Å². The minimum atomic E-state index is -0.540. The van der Waals surface area contributed by atoms with E-state index in [1.807, 2.05) is 69.0 Å². The van der Waals surface area contributed by atoms with Gasteiger partial charge in [0.2, 0.25) is 0 Å². The fourth-order valence-corrected chi connectivity index (χ4v) is 2.93. The largest absolute Gasteiger partial charge is 0.443 e. The first-order valence-electron chi connectivity index (χ1n) is 8.76. The van der Waals surface area contributed by atoms with Gasteiger partial charge in [0.15, 0.2) is 12.4 Å². The summed E-state index contributed by atoms with van der Waals surface area (Å²) in [4.78, 5) is 21.2. The molecule has 4 rings (SSSR count). The summed E-state index contributed by atoms with van der Waals surface area (Å²) in [5, 5.41) is 5.63. The van der Waals surface area contributed by atoms with Gasteiger partial charge in [-0.15, -0.1) is 0 Å². The second-order valence-electron chi connectivity index (χ2n) is 7.55. The molecule has 7 heteroatoms. The van der Waals surface area contributed by atoms with Crippen LogP contribution in [0.4, 0.5) is 0 Å². The molecule has 0 aliphatic carbocycles. The number of carbonyl (C=O) groups excluding carboxylic acids is 1. The van der Waals surface area contributed by atoms with Crippen molar-refractivity contribution in [1.29, 1.82) is 0 Å². The van der Waals surface area contributed by atoms with E-state index in [0.717, 1.165) is 22.1 Å². The zero-order valence-electron chi connectivity index (χ0n) is 15.8. The number of aryl methyl sites for hydroxylation is 1. The summed E-state index contributed by atoms with van der Waals surface area (Å²) in [6, 6.07) is 9.89. The first-order chi connectivity index (χ1) is 12.8. The molecule has 7 nitrogen and oxygen atoms in total. The maximum absolute atomic E-state index is 12.0. The molecule has 0 aliphatic heterocycles. The molecule has 3 heterocycles. The number of hydrogen-bond acceptors (Lipinski definition) is 5. The lowest BCUT2D eigenvalue weighted by molar-refractivity contribution is -0.156. The lowest BCUT2D eigenvalue weighted by Gasteiger charge is -2.16. The van der Waals surface area contributed by atoms with Crippen molar-refractivity contribution in [1.82, 2.24) is 24.3 Å². The van der Waals surface area contributed by atoms with Crippen molar-refractivity contribution in [3.63, 3.8) is 0 Å². The third kappa shape index (κ3) is 3.05. The molecule has 0 saturated carbocycles. The SMILES string of the molecule is Cn1nc(-c2cnc3c(ccn3COC(=O)C(C)(C)C)n2)c2ccccc21. The lowest BCUT2D eigenvalue weighted by atomic mass is 9.98. The number of carbonyl (C=O) groups is 1. The normalized spacial score (nSPS) is 12.0. The Hall–Kier alpha value is -3.22. The quantitative estimate of drug-likeness (QED) is 0.521. The van der Waals surface area contributed by atoms with Gasteiger partial charge in [0.05, 0.1) is 17.1 Å². The van der Waals surface area contributed by atoms with E-state index in [0.29, 0.717) is 11.3 Å². The van der Waals surface area contributed by atoms with Crippen LogP contribution in [0, 0.1) is 5.41 Å². The Balaban J connectivity index is 1.67. The second kappa shape index (κ2) is 6.19. The molecule has 0 amide bonds. The van der Waals surface area contributed by atoms with Crippen molar-refractivity contribution in [3.05, 3.63) is 42.7 Å². The van der Waals surface area contributed by atoms with Gasteiger partial charge in [0.1, 0.15) is 16.9 Å². The standard InChI is InChI=1S/C20H21N5O2/c1-20(2,3)19(26)27-12-25-10-9-14-18(25)21-11-15(22-14)17-13-7-5-6-8-16(13)24(4)23-17/h5-11H,12H2,1-4H3. The van der Waals surface area contributed by atoms with Crippen LogP contribution in [-0.4, -0.2) is 30.3 Å². The molecule has 27 heavy (non-hydrogen) atoms. The number of rotatable bonds is 3. The van der Waals surface area contributed by atoms with Gasteiger partial charge in [-0.25, -0.2) is 9.97 Å². The van der Waals surface area contributed by atoms with Crippen LogP contribution in [-0.2, 0) is 23.3 Å². The fourth-order valence-electron chi connectivity index (χ4n) is 2.93. The number of hydrogen-bond donors (Lipinski definition) is 0. The molecule has 1 aromatic carbocycles. The smallest absolute Gasteiger partial charge is 0.312 e. The molecule has 0 aliphatic rings. The van der Waals surface area contributed by atoms with E-state index >= 15 is 0 Å². The molecule has 0 fully saturated rings. The van der Waals surface area contributed by atoms with Gasteiger partial charge in [-0.1, -0.05) is 18.2 Å². The zero-order chi connectivity index (χ0) is 19.2. The van der Waals surface area contributed by atoms with Crippen molar-refractivity contribution >= 4 is 28.0 Å². The second-order valence-corrected chi connectivity index (χ2v) is 7.55. The predicted molar refractivity (Wildman–Crippen MR) is 103 cm³/mol. The van der Waals surface area contributed by atoms with Crippen molar-refractivity contribution in [2.24, 2.45) is 12.5 Å². The first-order valence-corrected chi connectivity index (χ1v) is 8.76. The van der Waals surface area contributed by atoms with Crippen LogP contribution >= 0.6 is 0 Å². The van der Waals surface area contributed by atoms with E-state index in [2.05, 4.69) is 10.1 Å². The highest BCUT2D eigenvalue weighted by Crippen LogP contribution is 2.27. The number of nitrogens with zero attached hydrogens (tertiary/aromatic N) is 5. The van der Waals surface area contributed by atoms with Gasteiger partial charge in [-0.05, 0) is 32.9 Å². The average Bonchev–Trinajstić information content (AvgIpc) is 3.20. The molecule has 138 valence electrons. The van der Waals surface area contributed by atoms with Crippen molar-refractivity contribution in [2.75, 3.05) is 0 Å². The number of ether oxygens (including phenoxy) is 1. The Kier molecular flexibility index (Phi) is 3.95. The predicted octanol–water partition coefficient (Wildman–Crippen LogP) is 3.53. The van der Waals surface area contributed by atoms with Crippen molar-refractivity contribution in [3.8, 4) is 11.4 Å². The third-order valence-electron chi connectivity index (χ3n) is 4.41. The van der Waals surface area contributed by atoms with Crippen LogP contribution in [0.5, 0.6) is 0 Å². The summed E-state index contributed by atoms with van der Waals surface area (Å²) >= 11 is 0. The van der Waals surface area contributed by atoms with E-state index in [9.17, 15) is 4.79 Å². The molecule has 0 spiro atoms. The summed E-state index contributed by atoms with van der Waals surface area (Å²) in [7, 11) is 1.91. The molecule has 3 aromatic heterocycles. The van der Waals surface area contributed by atoms with Crippen LogP contribution in [0.25, 0.3) is 33.5 Å². The molecule has 0 saturated heterocycles. The highest BCUT2D eigenvalue weighted by Gasteiger charge is 2.23. The highest BCUT2D eigenvalue weighted by atomic mass is 16.5. The number of aromatic nitrogens is 5. The van der Waals surface area contributed by atoms with Crippen molar-refractivity contribution in [2.45, 2.75) is 27.5 Å². The lowest BCUT2D eigenvalue weighted by Crippen LogP contribution is -2.23. The van der Waals surface area contributed by atoms with Crippen LogP contribution in [0.15, 0.2) is 42.7 Å².